The SMILES string of the molecule is COC(=O)CCC1=C(C)c2nc1cc1[nH]c(c(C)c1CCC(=O)OC)c1c3nc(cc4[nH]c(c(C)c4CCC(=O)OC)c2-c2cccc(c2)C#CC#CC#CC#Cc2cccc(c2)-c2c4nc(cc5[nH]c(c(C)c5CCC(=O)OC)c(c5nc(cc6[nH]c2c(C)c6CCC(=O)OC)C(CCC(=O)OC)=C5C)-c2cccc(c2)C#CC#CC#CC#Cc2cccc-1c2)C(CCC(=O)OC)=C4C)C(CCC(=O)OC)=C3C. The van der Waals surface area contributed by atoms with Crippen molar-refractivity contribution in [3.63, 3.8) is 0 Å². The summed E-state index contributed by atoms with van der Waals surface area (Å²) in [5.74, 6) is 44.8. The standard InChI is InChI=1S/C120H104N8O16/c1-69-85(45-53-101(129)137-9)93-65-94-87(47-55-103(131)139-11)71(3)115(123-94)110-82-42-30-38-78(62-82)34-27-23-19-20-24-28-36-80-40-32-44-84(64-80)112-119-75(7)91(51-59-107(135)143-15)99(127-119)67-97-89(49-57-105(133)141-13)73(5)117(125-97)111(118-74(6)90(50-58-106(134)142-14)98(126-118)68-100-92(52-60-108(136)144-16)76(8)120(112)128-100)83-43-31-39-79(63-83)35-26-22-18-17-21-25-33-77-37-29-41-81(61-77)109(113(69)121-93)114-70(2)86(46-54-102(130)138-10)95(122-114)66-96-88(48-56-104(132)140-12)72(4)116(110)124-96/h29-32,37-44,61-68,121,124-125,128H,45-60H2,1-16H3. The molecule has 720 valence electrons. The molecule has 10 aromatic rings. The molecule has 0 saturated carbocycles. The molecule has 24 heteroatoms. The Morgan fingerprint density at radius 1 is 0.243 bits per heavy atom. The molecule has 24 nitrogen and oxygen atoms in total. The van der Waals surface area contributed by atoms with E-state index in [1.807, 2.05) is 177 Å². The van der Waals surface area contributed by atoms with Crippen molar-refractivity contribution in [1.29, 1.82) is 0 Å². The summed E-state index contributed by atoms with van der Waals surface area (Å²) < 4.78 is 42.4. The normalized spacial score (nSPS) is 12.2. The van der Waals surface area contributed by atoms with E-state index in [2.05, 4.69) is 115 Å². The van der Waals surface area contributed by atoms with Crippen molar-refractivity contribution in [3.05, 3.63) is 234 Å². The molecule has 8 aliphatic rings. The van der Waals surface area contributed by atoms with Gasteiger partial charge in [0.05, 0.1) is 124 Å². The van der Waals surface area contributed by atoms with E-state index in [9.17, 15) is 38.4 Å². The third kappa shape index (κ3) is 22.1. The molecule has 14 heterocycles. The van der Waals surface area contributed by atoms with Crippen LogP contribution < -0.4 is 0 Å². The number of allylic oxidation sites excluding steroid dienone is 8. The van der Waals surface area contributed by atoms with Crippen molar-refractivity contribution < 1.29 is 76.3 Å². The quantitative estimate of drug-likeness (QED) is 0.0248. The fourth-order valence-corrected chi connectivity index (χ4v) is 19.0. The number of aromatic amines is 4. The van der Waals surface area contributed by atoms with Crippen LogP contribution in [0.4, 0.5) is 0 Å². The van der Waals surface area contributed by atoms with Crippen molar-refractivity contribution in [2.45, 2.75) is 158 Å². The van der Waals surface area contributed by atoms with Gasteiger partial charge < -0.3 is 57.8 Å². The van der Waals surface area contributed by atoms with Crippen LogP contribution in [0.25, 0.3) is 133 Å². The minimum atomic E-state index is -0.435. The first-order valence-corrected chi connectivity index (χ1v) is 47.1. The number of hydrogen-bond donors (Lipinski definition) is 4. The van der Waals surface area contributed by atoms with Crippen LogP contribution in [-0.4, -0.2) is 145 Å². The molecule has 8 aliphatic heterocycles. The van der Waals surface area contributed by atoms with Gasteiger partial charge in [0.15, 0.2) is 0 Å². The highest BCUT2D eigenvalue weighted by Gasteiger charge is 2.33. The Labute approximate surface area is 835 Å². The minimum Gasteiger partial charge on any atom is -0.469 e. The van der Waals surface area contributed by atoms with Gasteiger partial charge in [-0.15, -0.1) is 0 Å². The van der Waals surface area contributed by atoms with Gasteiger partial charge in [-0.1, -0.05) is 72.2 Å². The van der Waals surface area contributed by atoms with Crippen LogP contribution in [0.5, 0.6) is 0 Å². The number of rotatable bonds is 24. The van der Waals surface area contributed by atoms with Crippen LogP contribution in [0.1, 0.15) is 217 Å². The Bertz CT molecular complexity index is 7260. The number of nitrogens with zero attached hydrogens (tertiary/aromatic N) is 4. The monoisotopic (exact) mass is 1910 g/mol. The summed E-state index contributed by atoms with van der Waals surface area (Å²) in [7, 11) is 10.8. The molecule has 0 aliphatic carbocycles. The molecule has 0 atom stereocenters. The van der Waals surface area contributed by atoms with Gasteiger partial charge in [0, 0.05) is 118 Å². The van der Waals surface area contributed by atoms with Gasteiger partial charge in [0.2, 0.25) is 0 Å². The van der Waals surface area contributed by atoms with Crippen LogP contribution >= 0.6 is 0 Å². The first kappa shape index (κ1) is 101. The van der Waals surface area contributed by atoms with Crippen molar-refractivity contribution in [2.24, 2.45) is 0 Å². The average molecular weight is 1910 g/mol. The fraction of sp³-hybridized carbons (Fsp3) is 0.267. The maximum atomic E-state index is 13.4. The molecule has 0 radical (unpaired) electrons. The van der Waals surface area contributed by atoms with Crippen molar-refractivity contribution in [2.75, 3.05) is 56.9 Å². The third-order valence-corrected chi connectivity index (χ3v) is 26.6. The van der Waals surface area contributed by atoms with Crippen LogP contribution in [0.2, 0.25) is 0 Å². The highest BCUT2D eigenvalue weighted by molar-refractivity contribution is 6.08. The van der Waals surface area contributed by atoms with E-state index in [1.54, 1.807) is 0 Å². The zero-order chi connectivity index (χ0) is 102. The molecule has 0 unspecified atom stereocenters. The van der Waals surface area contributed by atoms with Gasteiger partial charge in [-0.05, 0) is 362 Å². The van der Waals surface area contributed by atoms with E-state index < -0.39 is 47.8 Å². The van der Waals surface area contributed by atoms with Gasteiger partial charge in [-0.2, -0.15) is 0 Å². The largest absolute Gasteiger partial charge is 0.469 e. The number of benzene rings is 4. The molecule has 18 rings (SSSR count). The molecule has 6 aromatic heterocycles. The summed E-state index contributed by atoms with van der Waals surface area (Å²) in [4.78, 5) is 146. The topological polar surface area (TPSA) is 325 Å². The number of hydrogen-bond acceptors (Lipinski definition) is 20. The van der Waals surface area contributed by atoms with E-state index in [0.29, 0.717) is 156 Å². The average Bonchev–Trinajstić information content (AvgIpc) is 1.59. The van der Waals surface area contributed by atoms with Gasteiger partial charge in [-0.3, -0.25) is 38.4 Å². The third-order valence-electron chi connectivity index (χ3n) is 26.6. The zero-order valence-corrected chi connectivity index (χ0v) is 83.2. The van der Waals surface area contributed by atoms with Crippen LogP contribution in [0, 0.1) is 122 Å². The van der Waals surface area contributed by atoms with Gasteiger partial charge in [-0.25, -0.2) is 19.9 Å². The molecular weight excluding hydrogens is 1810 g/mol. The Hall–Kier alpha value is -17.7. The summed E-state index contributed by atoms with van der Waals surface area (Å²) in [6, 6.07) is 38.5. The summed E-state index contributed by atoms with van der Waals surface area (Å²) in [5, 5.41) is 0. The van der Waals surface area contributed by atoms with E-state index in [0.717, 1.165) is 89.1 Å². The Morgan fingerprint density at radius 3 is 0.611 bits per heavy atom. The molecule has 144 heavy (non-hydrogen) atoms. The Morgan fingerprint density at radius 2 is 0.424 bits per heavy atom. The number of carbonyl (C=O) groups is 8. The van der Waals surface area contributed by atoms with Crippen LogP contribution in [0.15, 0.2) is 121 Å². The summed E-state index contributed by atoms with van der Waals surface area (Å²) in [6.07, 6.45) is 1.75. The molecule has 0 spiro atoms. The maximum absolute atomic E-state index is 13.4. The maximum Gasteiger partial charge on any atom is 0.305 e. The van der Waals surface area contributed by atoms with E-state index in [-0.39, 0.29) is 103 Å². The molecule has 28 bridgehead atoms. The number of aromatic nitrogens is 8. The predicted molar refractivity (Wildman–Crippen MR) is 558 cm³/mol. The molecule has 4 aromatic carbocycles. The number of methoxy groups -OCH3 is 8. The second-order valence-corrected chi connectivity index (χ2v) is 34.9. The van der Waals surface area contributed by atoms with E-state index in [1.165, 1.54) is 56.9 Å². The summed E-state index contributed by atoms with van der Waals surface area (Å²) in [6.45, 7) is 15.8. The molecular formula is C120H104N8O16. The molecule has 0 fully saturated rings. The predicted octanol–water partition coefficient (Wildman–Crippen LogP) is 19.9. The molecule has 4 N–H and O–H groups in total. The lowest BCUT2D eigenvalue weighted by Crippen LogP contribution is -2.02. The first-order chi connectivity index (χ1) is 69.7. The lowest BCUT2D eigenvalue weighted by atomic mass is 9.93. The van der Waals surface area contributed by atoms with Gasteiger partial charge in [0.1, 0.15) is 0 Å². The first-order valence-electron chi connectivity index (χ1n) is 47.1. The Kier molecular flexibility index (Phi) is 31.8. The van der Waals surface area contributed by atoms with Gasteiger partial charge in [0.25, 0.3) is 0 Å². The van der Waals surface area contributed by atoms with Gasteiger partial charge >= 0.3 is 47.8 Å². The smallest absolute Gasteiger partial charge is 0.305 e. The highest BCUT2D eigenvalue weighted by atomic mass is 16.5. The van der Waals surface area contributed by atoms with E-state index in [4.69, 9.17) is 57.8 Å². The van der Waals surface area contributed by atoms with Crippen molar-refractivity contribution in [3.8, 4) is 139 Å². The number of esters is 8. The fourth-order valence-electron chi connectivity index (χ4n) is 19.0. The number of carbonyl (C=O) groups excluding carboxylic acids is 8. The second-order valence-electron chi connectivity index (χ2n) is 34.9. The highest BCUT2D eigenvalue weighted by Crippen LogP contribution is 2.49. The summed E-state index contributed by atoms with van der Waals surface area (Å²) in [5.41, 5.74) is 29.1. The number of ether oxygens (including phenoxy) is 8. The number of aryl methyl sites for hydroxylation is 8. The summed E-state index contributed by atoms with van der Waals surface area (Å²) >= 11 is 0. The number of nitrogens with one attached hydrogen (secondary N) is 4. The second kappa shape index (κ2) is 45.5. The lowest BCUT2D eigenvalue weighted by Gasteiger charge is -2.09. The Balaban J connectivity index is 1.02. The minimum absolute atomic E-state index is 0.000234. The molecule has 0 saturated heterocycles. The van der Waals surface area contributed by atoms with Crippen LogP contribution in [0.3, 0.4) is 0 Å². The molecule has 0 amide bonds. The number of H-pyrrole nitrogens is 4. The van der Waals surface area contributed by atoms with Crippen molar-refractivity contribution in [1.82, 2.24) is 39.9 Å². The van der Waals surface area contributed by atoms with Crippen molar-refractivity contribution >= 4 is 136 Å². The zero-order valence-electron chi connectivity index (χ0n) is 83.2. The van der Waals surface area contributed by atoms with E-state index >= 15 is 0 Å². The lowest BCUT2D eigenvalue weighted by molar-refractivity contribution is -0.141. The van der Waals surface area contributed by atoms with Crippen LogP contribution in [-0.2, 0) is 102 Å².